The second kappa shape index (κ2) is 10.2. The van der Waals surface area contributed by atoms with E-state index in [4.69, 9.17) is 4.74 Å². The number of benzene rings is 2. The SMILES string of the molecule is CC(=O)C1=C(O)[C@]2(C)C(=O)C3=C(O)c4c(O)ccc(OC5CCC(Cc6ccccc6)CC5)c4C[C@@H]3C[C@@H]2CC1=O. The summed E-state index contributed by atoms with van der Waals surface area (Å²) >= 11 is 0. The number of allylic oxidation sites excluding steroid dienone is 3. The third-order valence-electron chi connectivity index (χ3n) is 9.95. The lowest BCUT2D eigenvalue weighted by Gasteiger charge is -2.47. The molecule has 0 aliphatic heterocycles. The Labute approximate surface area is 239 Å². The Morgan fingerprint density at radius 3 is 2.37 bits per heavy atom. The van der Waals surface area contributed by atoms with Crippen molar-refractivity contribution in [3.63, 3.8) is 0 Å². The minimum absolute atomic E-state index is 0.0162. The molecule has 3 atom stereocenters. The first kappa shape index (κ1) is 27.3. The molecule has 0 bridgehead atoms. The normalized spacial score (nSPS) is 29.5. The van der Waals surface area contributed by atoms with Gasteiger partial charge in [0.25, 0.3) is 0 Å². The molecule has 3 N–H and O–H groups in total. The van der Waals surface area contributed by atoms with Crippen LogP contribution in [0.25, 0.3) is 5.76 Å². The molecule has 2 aromatic carbocycles. The maximum atomic E-state index is 13.9. The van der Waals surface area contributed by atoms with Crippen molar-refractivity contribution in [1.29, 1.82) is 0 Å². The van der Waals surface area contributed by atoms with Crippen LogP contribution in [0.4, 0.5) is 0 Å². The molecule has 214 valence electrons. The minimum atomic E-state index is -1.49. The van der Waals surface area contributed by atoms with E-state index in [2.05, 4.69) is 24.3 Å². The summed E-state index contributed by atoms with van der Waals surface area (Å²) in [4.78, 5) is 38.8. The highest BCUT2D eigenvalue weighted by molar-refractivity contribution is 6.22. The maximum absolute atomic E-state index is 13.9. The number of hydrogen-bond acceptors (Lipinski definition) is 7. The highest BCUT2D eigenvalue weighted by atomic mass is 16.5. The molecular weight excluding hydrogens is 520 g/mol. The monoisotopic (exact) mass is 556 g/mol. The minimum Gasteiger partial charge on any atom is -0.510 e. The number of carbonyl (C=O) groups is 3. The average Bonchev–Trinajstić information content (AvgIpc) is 2.93. The van der Waals surface area contributed by atoms with Crippen LogP contribution in [0.3, 0.4) is 0 Å². The number of aromatic hydroxyl groups is 1. The van der Waals surface area contributed by atoms with Gasteiger partial charge in [0.2, 0.25) is 0 Å². The molecule has 0 saturated heterocycles. The summed E-state index contributed by atoms with van der Waals surface area (Å²) in [6.07, 6.45) is 5.72. The van der Waals surface area contributed by atoms with Gasteiger partial charge in [-0.05, 0) is 94.2 Å². The zero-order chi connectivity index (χ0) is 29.1. The molecular formula is C34H36O7. The Bertz CT molecular complexity index is 1490. The van der Waals surface area contributed by atoms with Gasteiger partial charge in [-0.3, -0.25) is 14.4 Å². The van der Waals surface area contributed by atoms with Crippen LogP contribution in [0.15, 0.2) is 59.4 Å². The van der Waals surface area contributed by atoms with Gasteiger partial charge in [-0.15, -0.1) is 0 Å². The zero-order valence-corrected chi connectivity index (χ0v) is 23.5. The van der Waals surface area contributed by atoms with E-state index in [1.54, 1.807) is 13.0 Å². The van der Waals surface area contributed by atoms with Crippen LogP contribution < -0.4 is 4.74 Å². The fourth-order valence-electron chi connectivity index (χ4n) is 7.66. The standard InChI is InChI=1S/C34H36O7/c1-18(35)28-26(37)17-22-15-21-16-24-27(41-23-10-8-20(9-11-23)14-19-6-4-3-5-7-19)13-12-25(36)30(24)31(38)29(21)33(40)34(22,2)32(28)39/h3-7,12-13,20-23,36,38-39H,8-11,14-17H2,1-2H3/t20?,21-,22+,23?,34+/m0/s1. The summed E-state index contributed by atoms with van der Waals surface area (Å²) in [6.45, 7) is 2.75. The predicted molar refractivity (Wildman–Crippen MR) is 153 cm³/mol. The van der Waals surface area contributed by atoms with Gasteiger partial charge in [0.05, 0.1) is 22.7 Å². The van der Waals surface area contributed by atoms with Gasteiger partial charge >= 0.3 is 0 Å². The van der Waals surface area contributed by atoms with Crippen molar-refractivity contribution in [2.45, 2.75) is 71.3 Å². The maximum Gasteiger partial charge on any atom is 0.176 e. The van der Waals surface area contributed by atoms with Crippen molar-refractivity contribution in [3.8, 4) is 11.5 Å². The number of ether oxygens (including phenoxy) is 1. The number of aliphatic hydroxyl groups excluding tert-OH is 2. The first-order valence-electron chi connectivity index (χ1n) is 14.6. The van der Waals surface area contributed by atoms with Crippen molar-refractivity contribution in [3.05, 3.63) is 76.1 Å². The second-order valence-electron chi connectivity index (χ2n) is 12.4. The molecule has 0 aromatic heterocycles. The number of phenolic OH excluding ortho intramolecular Hbond substituents is 1. The summed E-state index contributed by atoms with van der Waals surface area (Å²) in [5, 5.41) is 33.3. The van der Waals surface area contributed by atoms with Crippen LogP contribution in [-0.4, -0.2) is 38.8 Å². The molecule has 2 saturated carbocycles. The molecule has 6 rings (SSSR count). The van der Waals surface area contributed by atoms with Gasteiger partial charge in [-0.25, -0.2) is 0 Å². The molecule has 2 aromatic rings. The molecule has 7 heteroatoms. The summed E-state index contributed by atoms with van der Waals surface area (Å²) in [6, 6.07) is 13.7. The Morgan fingerprint density at radius 1 is 0.976 bits per heavy atom. The lowest BCUT2D eigenvalue weighted by atomic mass is 9.54. The Hall–Kier alpha value is -3.87. The molecule has 0 heterocycles. The number of aliphatic hydroxyl groups is 2. The lowest BCUT2D eigenvalue weighted by molar-refractivity contribution is -0.134. The highest BCUT2D eigenvalue weighted by Gasteiger charge is 2.58. The quantitative estimate of drug-likeness (QED) is 0.387. The van der Waals surface area contributed by atoms with Crippen LogP contribution in [0.1, 0.15) is 69.1 Å². The van der Waals surface area contributed by atoms with Crippen molar-refractivity contribution in [2.75, 3.05) is 0 Å². The highest BCUT2D eigenvalue weighted by Crippen LogP contribution is 2.56. The summed E-state index contributed by atoms with van der Waals surface area (Å²) in [5.74, 6) is -2.22. The molecule has 0 amide bonds. The van der Waals surface area contributed by atoms with Gasteiger partial charge in [0.15, 0.2) is 17.3 Å². The van der Waals surface area contributed by atoms with E-state index in [-0.39, 0.29) is 40.7 Å². The van der Waals surface area contributed by atoms with Gasteiger partial charge in [-0.1, -0.05) is 30.3 Å². The van der Waals surface area contributed by atoms with Crippen molar-refractivity contribution < 1.29 is 34.4 Å². The van der Waals surface area contributed by atoms with E-state index in [9.17, 15) is 29.7 Å². The average molecular weight is 557 g/mol. The fraction of sp³-hybridized carbons (Fsp3) is 0.441. The fourth-order valence-corrected chi connectivity index (χ4v) is 7.66. The second-order valence-corrected chi connectivity index (χ2v) is 12.4. The molecule has 0 spiro atoms. The Morgan fingerprint density at radius 2 is 1.68 bits per heavy atom. The molecule has 4 aliphatic rings. The molecule has 2 fully saturated rings. The smallest absolute Gasteiger partial charge is 0.176 e. The van der Waals surface area contributed by atoms with Crippen LogP contribution in [-0.2, 0) is 27.2 Å². The van der Waals surface area contributed by atoms with Crippen molar-refractivity contribution in [1.82, 2.24) is 0 Å². The van der Waals surface area contributed by atoms with Crippen LogP contribution in [0.2, 0.25) is 0 Å². The molecule has 0 unspecified atom stereocenters. The van der Waals surface area contributed by atoms with Gasteiger partial charge in [-0.2, -0.15) is 0 Å². The number of fused-ring (bicyclic) bond motifs is 3. The number of Topliss-reactive ketones (excluding diaryl/α,β-unsaturated/α-hetero) is 3. The van der Waals surface area contributed by atoms with Gasteiger partial charge < -0.3 is 20.1 Å². The van der Waals surface area contributed by atoms with E-state index >= 15 is 0 Å². The number of hydrogen-bond donors (Lipinski definition) is 3. The van der Waals surface area contributed by atoms with E-state index in [0.717, 1.165) is 32.1 Å². The number of carbonyl (C=O) groups excluding carboxylic acids is 3. The first-order chi connectivity index (χ1) is 19.6. The van der Waals surface area contributed by atoms with Crippen molar-refractivity contribution in [2.24, 2.45) is 23.2 Å². The topological polar surface area (TPSA) is 121 Å². The molecule has 7 nitrogen and oxygen atoms in total. The summed E-state index contributed by atoms with van der Waals surface area (Å²) in [7, 11) is 0. The van der Waals surface area contributed by atoms with E-state index in [1.807, 2.05) is 6.07 Å². The molecule has 4 aliphatic carbocycles. The van der Waals surface area contributed by atoms with Gasteiger partial charge in [0.1, 0.15) is 23.0 Å². The van der Waals surface area contributed by atoms with Crippen LogP contribution in [0, 0.1) is 23.2 Å². The molecule has 0 radical (unpaired) electrons. The number of ketones is 3. The lowest BCUT2D eigenvalue weighted by Crippen LogP contribution is -2.51. The Kier molecular flexibility index (Phi) is 6.79. The summed E-state index contributed by atoms with van der Waals surface area (Å²) < 4.78 is 6.49. The first-order valence-corrected chi connectivity index (χ1v) is 14.6. The molecule has 41 heavy (non-hydrogen) atoms. The number of rotatable bonds is 5. The number of phenols is 1. The zero-order valence-electron chi connectivity index (χ0n) is 23.5. The Balaban J connectivity index is 1.27. The van der Waals surface area contributed by atoms with E-state index in [0.29, 0.717) is 30.1 Å². The third kappa shape index (κ3) is 4.46. The summed E-state index contributed by atoms with van der Waals surface area (Å²) in [5.41, 5.74) is 0.503. The van der Waals surface area contributed by atoms with E-state index in [1.165, 1.54) is 18.6 Å². The van der Waals surface area contributed by atoms with Gasteiger partial charge in [0, 0.05) is 17.6 Å². The largest absolute Gasteiger partial charge is 0.510 e. The van der Waals surface area contributed by atoms with E-state index < -0.39 is 40.4 Å². The van der Waals surface area contributed by atoms with Crippen molar-refractivity contribution >= 4 is 23.1 Å². The van der Waals surface area contributed by atoms with Crippen LogP contribution >= 0.6 is 0 Å². The predicted octanol–water partition coefficient (Wildman–Crippen LogP) is 5.98. The van der Waals surface area contributed by atoms with Crippen LogP contribution in [0.5, 0.6) is 11.5 Å². The third-order valence-corrected chi connectivity index (χ3v) is 9.95.